The monoisotopic (exact) mass is 367 g/mol. The number of nitrogens with one attached hydrogen (secondary N) is 2. The van der Waals surface area contributed by atoms with Gasteiger partial charge in [0.1, 0.15) is 12.4 Å². The quantitative estimate of drug-likeness (QED) is 0.453. The summed E-state index contributed by atoms with van der Waals surface area (Å²) in [5.41, 5.74) is 10.8. The number of amides is 1. The molecule has 0 spiro atoms. The average Bonchev–Trinajstić information content (AvgIpc) is 3.07. The summed E-state index contributed by atoms with van der Waals surface area (Å²) in [6.07, 6.45) is 1.15. The highest BCUT2D eigenvalue weighted by Gasteiger charge is 2.03. The zero-order valence-electron chi connectivity index (χ0n) is 13.8. The van der Waals surface area contributed by atoms with Gasteiger partial charge >= 0.3 is 6.09 Å². The van der Waals surface area contributed by atoms with Gasteiger partial charge in [0, 0.05) is 11.1 Å². The number of rotatable bonds is 6. The molecular formula is C18H17N5O2S. The van der Waals surface area contributed by atoms with Crippen LogP contribution in [0.3, 0.4) is 0 Å². The molecule has 0 fully saturated rings. The van der Waals surface area contributed by atoms with Crippen molar-refractivity contribution in [3.8, 4) is 0 Å². The van der Waals surface area contributed by atoms with Gasteiger partial charge in [0.25, 0.3) is 0 Å². The number of ether oxygens (including phenoxy) is 1. The molecule has 4 N–H and O–H groups in total. The van der Waals surface area contributed by atoms with Crippen molar-refractivity contribution in [3.63, 3.8) is 0 Å². The number of anilines is 3. The second-order valence-electron chi connectivity index (χ2n) is 5.26. The molecule has 0 unspecified atom stereocenters. The molecule has 1 heterocycles. The van der Waals surface area contributed by atoms with E-state index in [0.29, 0.717) is 16.6 Å². The first-order valence-corrected chi connectivity index (χ1v) is 8.65. The fourth-order valence-corrected chi connectivity index (χ4v) is 2.58. The molecule has 7 nitrogen and oxygen atoms in total. The molecule has 0 aliphatic heterocycles. The number of thiazole rings is 1. The SMILES string of the molecule is Nc1csc(NN=Cc2ccc(NC(=O)OCc3ccccc3)cc2)n1. The van der Waals surface area contributed by atoms with Crippen LogP contribution in [-0.2, 0) is 11.3 Å². The van der Waals surface area contributed by atoms with E-state index < -0.39 is 6.09 Å². The Bertz CT molecular complexity index is 878. The van der Waals surface area contributed by atoms with Crippen LogP contribution in [0.2, 0.25) is 0 Å². The summed E-state index contributed by atoms with van der Waals surface area (Å²) in [7, 11) is 0. The van der Waals surface area contributed by atoms with E-state index in [9.17, 15) is 4.79 Å². The fraction of sp³-hybridized carbons (Fsp3) is 0.0556. The molecule has 0 aliphatic rings. The third-order valence-electron chi connectivity index (χ3n) is 3.27. The number of carbonyl (C=O) groups is 1. The Morgan fingerprint density at radius 3 is 2.65 bits per heavy atom. The van der Waals surface area contributed by atoms with Gasteiger partial charge in [0.15, 0.2) is 0 Å². The van der Waals surface area contributed by atoms with Crippen LogP contribution in [0.15, 0.2) is 65.1 Å². The van der Waals surface area contributed by atoms with Gasteiger partial charge in [-0.2, -0.15) is 5.10 Å². The lowest BCUT2D eigenvalue weighted by Gasteiger charge is -2.07. The first-order valence-electron chi connectivity index (χ1n) is 7.77. The maximum Gasteiger partial charge on any atom is 0.411 e. The van der Waals surface area contributed by atoms with Crippen LogP contribution >= 0.6 is 11.3 Å². The van der Waals surface area contributed by atoms with Crippen molar-refractivity contribution < 1.29 is 9.53 Å². The summed E-state index contributed by atoms with van der Waals surface area (Å²) < 4.78 is 5.18. The van der Waals surface area contributed by atoms with E-state index in [0.717, 1.165) is 11.1 Å². The van der Waals surface area contributed by atoms with Gasteiger partial charge in [-0.1, -0.05) is 42.5 Å². The highest BCUT2D eigenvalue weighted by atomic mass is 32.1. The minimum absolute atomic E-state index is 0.227. The Morgan fingerprint density at radius 1 is 1.19 bits per heavy atom. The Labute approximate surface area is 154 Å². The molecular weight excluding hydrogens is 350 g/mol. The molecule has 26 heavy (non-hydrogen) atoms. The number of carbonyl (C=O) groups excluding carboxylic acids is 1. The summed E-state index contributed by atoms with van der Waals surface area (Å²) in [5.74, 6) is 0.460. The zero-order valence-corrected chi connectivity index (χ0v) is 14.6. The van der Waals surface area contributed by atoms with Crippen LogP contribution in [0.5, 0.6) is 0 Å². The molecule has 0 saturated heterocycles. The second-order valence-corrected chi connectivity index (χ2v) is 6.11. The molecule has 0 radical (unpaired) electrons. The summed E-state index contributed by atoms with van der Waals surface area (Å²) in [4.78, 5) is 15.9. The molecule has 0 aliphatic carbocycles. The number of nitrogen functional groups attached to an aromatic ring is 1. The standard InChI is InChI=1S/C18H17N5O2S/c19-16-12-26-17(22-16)23-20-10-13-6-8-15(9-7-13)21-18(24)25-11-14-4-2-1-3-5-14/h1-10,12H,11,19H2,(H,21,24)(H,22,23). The number of hydrazone groups is 1. The van der Waals surface area contributed by atoms with Gasteiger partial charge in [-0.05, 0) is 23.3 Å². The number of benzene rings is 2. The van der Waals surface area contributed by atoms with E-state index in [-0.39, 0.29) is 6.61 Å². The zero-order chi connectivity index (χ0) is 18.2. The van der Waals surface area contributed by atoms with Crippen LogP contribution in [0.25, 0.3) is 0 Å². The van der Waals surface area contributed by atoms with Gasteiger partial charge in [0.05, 0.1) is 6.21 Å². The second kappa shape index (κ2) is 8.63. The van der Waals surface area contributed by atoms with Gasteiger partial charge in [-0.15, -0.1) is 11.3 Å². The van der Waals surface area contributed by atoms with E-state index in [4.69, 9.17) is 10.5 Å². The molecule has 132 valence electrons. The maximum atomic E-state index is 11.8. The largest absolute Gasteiger partial charge is 0.444 e. The smallest absolute Gasteiger partial charge is 0.411 e. The third-order valence-corrected chi connectivity index (χ3v) is 4.03. The van der Waals surface area contributed by atoms with E-state index >= 15 is 0 Å². The van der Waals surface area contributed by atoms with E-state index in [1.165, 1.54) is 11.3 Å². The van der Waals surface area contributed by atoms with Crippen LogP contribution < -0.4 is 16.5 Å². The fourth-order valence-electron chi connectivity index (χ4n) is 2.03. The van der Waals surface area contributed by atoms with Crippen molar-refractivity contribution in [2.24, 2.45) is 5.10 Å². The molecule has 0 atom stereocenters. The van der Waals surface area contributed by atoms with Gasteiger partial charge < -0.3 is 10.5 Å². The van der Waals surface area contributed by atoms with Crippen LogP contribution in [0.4, 0.5) is 21.4 Å². The lowest BCUT2D eigenvalue weighted by Crippen LogP contribution is -2.13. The average molecular weight is 367 g/mol. The van der Waals surface area contributed by atoms with E-state index in [2.05, 4.69) is 20.8 Å². The molecule has 3 rings (SSSR count). The lowest BCUT2D eigenvalue weighted by molar-refractivity contribution is 0.155. The molecule has 8 heteroatoms. The Balaban J connectivity index is 1.47. The third kappa shape index (κ3) is 5.32. The molecule has 0 bridgehead atoms. The number of aromatic nitrogens is 1. The van der Waals surface area contributed by atoms with Crippen molar-refractivity contribution in [1.82, 2.24) is 4.98 Å². The molecule has 3 aromatic rings. The van der Waals surface area contributed by atoms with Crippen molar-refractivity contribution in [3.05, 3.63) is 71.1 Å². The van der Waals surface area contributed by atoms with Crippen LogP contribution in [0.1, 0.15) is 11.1 Å². The van der Waals surface area contributed by atoms with Gasteiger partial charge in [0.2, 0.25) is 5.13 Å². The molecule has 0 saturated carbocycles. The number of hydrogen-bond donors (Lipinski definition) is 3. The molecule has 1 aromatic heterocycles. The van der Waals surface area contributed by atoms with Gasteiger partial charge in [-0.3, -0.25) is 10.7 Å². The van der Waals surface area contributed by atoms with Crippen molar-refractivity contribution in [2.45, 2.75) is 6.61 Å². The molecule has 1 amide bonds. The van der Waals surface area contributed by atoms with Gasteiger partial charge in [-0.25, -0.2) is 9.78 Å². The Morgan fingerprint density at radius 2 is 1.96 bits per heavy atom. The topological polar surface area (TPSA) is 102 Å². The molecule has 2 aromatic carbocycles. The van der Waals surface area contributed by atoms with Crippen LogP contribution in [0, 0.1) is 0 Å². The highest BCUT2D eigenvalue weighted by molar-refractivity contribution is 7.14. The minimum Gasteiger partial charge on any atom is -0.444 e. The summed E-state index contributed by atoms with van der Waals surface area (Å²) in [6, 6.07) is 16.7. The predicted octanol–water partition coefficient (Wildman–Crippen LogP) is 3.92. The normalized spacial score (nSPS) is 10.6. The summed E-state index contributed by atoms with van der Waals surface area (Å²) >= 11 is 1.37. The minimum atomic E-state index is -0.502. The van der Waals surface area contributed by atoms with E-state index in [1.54, 1.807) is 23.7 Å². The Hall–Kier alpha value is -3.39. The first kappa shape index (κ1) is 17.4. The predicted molar refractivity (Wildman–Crippen MR) is 104 cm³/mol. The summed E-state index contributed by atoms with van der Waals surface area (Å²) in [6.45, 7) is 0.227. The van der Waals surface area contributed by atoms with Crippen LogP contribution in [-0.4, -0.2) is 17.3 Å². The van der Waals surface area contributed by atoms with Crippen molar-refractivity contribution in [1.29, 1.82) is 0 Å². The maximum absolute atomic E-state index is 11.8. The summed E-state index contributed by atoms with van der Waals surface area (Å²) in [5, 5.41) is 9.12. The lowest BCUT2D eigenvalue weighted by atomic mass is 10.2. The van der Waals surface area contributed by atoms with Crippen molar-refractivity contribution in [2.75, 3.05) is 16.5 Å². The van der Waals surface area contributed by atoms with E-state index in [1.807, 2.05) is 42.5 Å². The first-order chi connectivity index (χ1) is 12.7. The number of nitrogens with two attached hydrogens (primary N) is 1. The number of hydrogen-bond acceptors (Lipinski definition) is 7. The Kier molecular flexibility index (Phi) is 5.79. The van der Waals surface area contributed by atoms with Crippen molar-refractivity contribution >= 4 is 40.3 Å². The number of nitrogens with zero attached hydrogens (tertiary/aromatic N) is 2. The highest BCUT2D eigenvalue weighted by Crippen LogP contribution is 2.16.